The summed E-state index contributed by atoms with van der Waals surface area (Å²) < 4.78 is 0. The zero-order valence-corrected chi connectivity index (χ0v) is 9.08. The molecule has 1 fully saturated rings. The Morgan fingerprint density at radius 3 is 2.35 bits per heavy atom. The summed E-state index contributed by atoms with van der Waals surface area (Å²) in [6.45, 7) is 0.246. The van der Waals surface area contributed by atoms with Gasteiger partial charge in [0.25, 0.3) is 5.69 Å². The maximum absolute atomic E-state index is 11.7. The average Bonchev–Trinajstić information content (AvgIpc) is 2.53. The highest BCUT2D eigenvalue weighted by Gasteiger charge is 2.31. The molecule has 1 heterocycles. The van der Waals surface area contributed by atoms with Crippen LogP contribution in [0.25, 0.3) is 0 Å². The van der Waals surface area contributed by atoms with Crippen LogP contribution in [-0.4, -0.2) is 35.3 Å². The van der Waals surface area contributed by atoms with Crippen molar-refractivity contribution < 1.29 is 9.72 Å². The minimum atomic E-state index is -0.507. The van der Waals surface area contributed by atoms with Gasteiger partial charge in [-0.2, -0.15) is 0 Å². The van der Waals surface area contributed by atoms with Gasteiger partial charge in [0.2, 0.25) is 0 Å². The van der Waals surface area contributed by atoms with Crippen molar-refractivity contribution in [3.8, 4) is 0 Å². The van der Waals surface area contributed by atoms with E-state index in [4.69, 9.17) is 5.41 Å². The zero-order valence-electron chi connectivity index (χ0n) is 9.08. The van der Waals surface area contributed by atoms with Gasteiger partial charge in [0.15, 0.2) is 0 Å². The molecule has 1 N–H and O–H groups in total. The lowest BCUT2D eigenvalue weighted by molar-refractivity contribution is -0.384. The third-order valence-corrected chi connectivity index (χ3v) is 2.49. The topological polar surface area (TPSA) is 90.5 Å². The predicted octanol–water partition coefficient (Wildman–Crippen LogP) is 1.44. The molecule has 1 aromatic rings. The van der Waals surface area contributed by atoms with E-state index in [1.807, 2.05) is 0 Å². The molecular weight excluding hydrogens is 224 g/mol. The number of amidine groups is 1. The highest BCUT2D eigenvalue weighted by molar-refractivity contribution is 6.20. The molecule has 1 aromatic carbocycles. The molecule has 0 saturated carbocycles. The Labute approximate surface area is 96.9 Å². The Hall–Kier alpha value is -2.44. The van der Waals surface area contributed by atoms with Gasteiger partial charge in [-0.3, -0.25) is 15.5 Å². The van der Waals surface area contributed by atoms with Crippen LogP contribution in [0.4, 0.5) is 16.2 Å². The van der Waals surface area contributed by atoms with E-state index in [2.05, 4.69) is 0 Å². The quantitative estimate of drug-likeness (QED) is 0.620. The van der Waals surface area contributed by atoms with E-state index in [9.17, 15) is 14.9 Å². The van der Waals surface area contributed by atoms with Gasteiger partial charge in [0.1, 0.15) is 5.84 Å². The number of urea groups is 1. The summed E-state index contributed by atoms with van der Waals surface area (Å²) in [7, 11) is 1.60. The minimum absolute atomic E-state index is 0.0414. The third-order valence-electron chi connectivity index (χ3n) is 2.49. The second kappa shape index (κ2) is 3.85. The van der Waals surface area contributed by atoms with Crippen molar-refractivity contribution in [2.24, 2.45) is 0 Å². The molecule has 0 spiro atoms. The maximum Gasteiger partial charge on any atom is 0.330 e. The van der Waals surface area contributed by atoms with E-state index in [0.29, 0.717) is 5.69 Å². The average molecular weight is 234 g/mol. The Morgan fingerprint density at radius 2 is 1.94 bits per heavy atom. The number of hydrogen-bond acceptors (Lipinski definition) is 4. The number of carbonyl (C=O) groups excluding carboxylic acids is 1. The lowest BCUT2D eigenvalue weighted by Crippen LogP contribution is -2.31. The largest absolute Gasteiger partial charge is 0.330 e. The molecule has 1 aliphatic heterocycles. The number of amides is 2. The number of likely N-dealkylation sites (N-methyl/N-ethyl adjacent to an activating group) is 1. The van der Waals surface area contributed by atoms with Crippen LogP contribution < -0.4 is 4.90 Å². The molecular formula is C10H10N4O3. The fraction of sp³-hybridized carbons (Fsp3) is 0.200. The number of nitro groups is 1. The smallest absolute Gasteiger partial charge is 0.320 e. The van der Waals surface area contributed by atoms with Crippen LogP contribution in [0, 0.1) is 15.5 Å². The van der Waals surface area contributed by atoms with Crippen molar-refractivity contribution in [1.82, 2.24) is 4.90 Å². The van der Waals surface area contributed by atoms with Crippen molar-refractivity contribution in [1.29, 1.82) is 5.41 Å². The number of benzene rings is 1. The second-order valence-electron chi connectivity index (χ2n) is 3.69. The van der Waals surface area contributed by atoms with E-state index < -0.39 is 4.92 Å². The monoisotopic (exact) mass is 234 g/mol. The molecule has 0 unspecified atom stereocenters. The lowest BCUT2D eigenvalue weighted by Gasteiger charge is -2.15. The Morgan fingerprint density at radius 1 is 1.35 bits per heavy atom. The van der Waals surface area contributed by atoms with Crippen molar-refractivity contribution in [3.63, 3.8) is 0 Å². The molecule has 0 aliphatic carbocycles. The van der Waals surface area contributed by atoms with Crippen molar-refractivity contribution >= 4 is 23.2 Å². The summed E-state index contributed by atoms with van der Waals surface area (Å²) in [6, 6.07) is 5.25. The van der Waals surface area contributed by atoms with E-state index in [1.165, 1.54) is 34.1 Å². The highest BCUT2D eigenvalue weighted by Crippen LogP contribution is 2.23. The first-order valence-electron chi connectivity index (χ1n) is 4.88. The number of nitro benzene ring substituents is 1. The Bertz CT molecular complexity index is 497. The van der Waals surface area contributed by atoms with Crippen LogP contribution in [0.3, 0.4) is 0 Å². The standard InChI is InChI=1S/C10H10N4O3/c1-12-6-9(11)13(10(12)15)7-2-4-8(5-3-7)14(16)17/h2-5,11H,6H2,1H3. The molecule has 2 rings (SSSR count). The van der Waals surface area contributed by atoms with E-state index in [1.54, 1.807) is 7.05 Å². The fourth-order valence-electron chi connectivity index (χ4n) is 1.64. The first kappa shape index (κ1) is 11.1. The van der Waals surface area contributed by atoms with Gasteiger partial charge in [-0.1, -0.05) is 0 Å². The van der Waals surface area contributed by atoms with Crippen LogP contribution in [-0.2, 0) is 0 Å². The molecule has 1 saturated heterocycles. The zero-order chi connectivity index (χ0) is 12.6. The van der Waals surface area contributed by atoms with E-state index in [0.717, 1.165) is 0 Å². The number of nitrogens with zero attached hydrogens (tertiary/aromatic N) is 3. The summed E-state index contributed by atoms with van der Waals surface area (Å²) in [4.78, 5) is 24.3. The molecule has 17 heavy (non-hydrogen) atoms. The van der Waals surface area contributed by atoms with Crippen molar-refractivity contribution in [2.45, 2.75) is 0 Å². The number of rotatable bonds is 2. The predicted molar refractivity (Wildman–Crippen MR) is 61.3 cm³/mol. The molecule has 2 amide bonds. The van der Waals surface area contributed by atoms with E-state index in [-0.39, 0.29) is 24.1 Å². The van der Waals surface area contributed by atoms with Gasteiger partial charge >= 0.3 is 6.03 Å². The number of hydrogen-bond donors (Lipinski definition) is 1. The maximum atomic E-state index is 11.7. The third kappa shape index (κ3) is 1.82. The first-order valence-corrected chi connectivity index (χ1v) is 4.88. The fourth-order valence-corrected chi connectivity index (χ4v) is 1.64. The van der Waals surface area contributed by atoms with Crippen LogP contribution in [0.2, 0.25) is 0 Å². The van der Waals surface area contributed by atoms with Gasteiger partial charge in [0, 0.05) is 19.2 Å². The highest BCUT2D eigenvalue weighted by atomic mass is 16.6. The van der Waals surface area contributed by atoms with Crippen LogP contribution in [0.15, 0.2) is 24.3 Å². The van der Waals surface area contributed by atoms with Crippen LogP contribution in [0.5, 0.6) is 0 Å². The molecule has 0 atom stereocenters. The Balaban J connectivity index is 2.32. The normalized spacial score (nSPS) is 15.6. The van der Waals surface area contributed by atoms with Gasteiger partial charge in [-0.15, -0.1) is 0 Å². The number of non-ortho nitro benzene ring substituents is 1. The lowest BCUT2D eigenvalue weighted by atomic mass is 10.2. The van der Waals surface area contributed by atoms with Crippen LogP contribution >= 0.6 is 0 Å². The summed E-state index contributed by atoms with van der Waals surface area (Å²) in [5.41, 5.74) is 0.426. The molecule has 0 bridgehead atoms. The number of nitrogens with one attached hydrogen (secondary N) is 1. The summed E-state index contributed by atoms with van der Waals surface area (Å²) in [5, 5.41) is 18.2. The molecule has 0 aromatic heterocycles. The van der Waals surface area contributed by atoms with Gasteiger partial charge in [0.05, 0.1) is 17.2 Å². The number of carbonyl (C=O) groups is 1. The summed E-state index contributed by atoms with van der Waals surface area (Å²) in [6.07, 6.45) is 0. The first-order chi connectivity index (χ1) is 8.00. The second-order valence-corrected chi connectivity index (χ2v) is 3.69. The minimum Gasteiger partial charge on any atom is -0.320 e. The molecule has 1 aliphatic rings. The van der Waals surface area contributed by atoms with Gasteiger partial charge in [-0.25, -0.2) is 9.69 Å². The Kier molecular flexibility index (Phi) is 2.51. The van der Waals surface area contributed by atoms with Gasteiger partial charge in [-0.05, 0) is 12.1 Å². The van der Waals surface area contributed by atoms with Crippen molar-refractivity contribution in [3.05, 3.63) is 34.4 Å². The SMILES string of the molecule is CN1CC(=N)N(c2ccc([N+](=O)[O-])cc2)C1=O. The number of anilines is 1. The van der Waals surface area contributed by atoms with E-state index >= 15 is 0 Å². The summed E-state index contributed by atoms with van der Waals surface area (Å²) in [5.74, 6) is 0.159. The molecule has 7 nitrogen and oxygen atoms in total. The summed E-state index contributed by atoms with van der Waals surface area (Å²) >= 11 is 0. The van der Waals surface area contributed by atoms with Crippen molar-refractivity contribution in [2.75, 3.05) is 18.5 Å². The molecule has 7 heteroatoms. The van der Waals surface area contributed by atoms with Crippen LogP contribution in [0.1, 0.15) is 0 Å². The molecule has 0 radical (unpaired) electrons. The molecule has 88 valence electrons. The van der Waals surface area contributed by atoms with Gasteiger partial charge < -0.3 is 4.90 Å².